The lowest BCUT2D eigenvalue weighted by Gasteiger charge is -2.54. The summed E-state index contributed by atoms with van der Waals surface area (Å²) in [6, 6.07) is -0.897. The Balaban J connectivity index is 1.07. The van der Waals surface area contributed by atoms with Crippen molar-refractivity contribution in [3.8, 4) is 0 Å². The normalized spacial score (nSPS) is 40.0. The van der Waals surface area contributed by atoms with Crippen LogP contribution in [-0.4, -0.2) is 103 Å². The number of nitrogens with one attached hydrogen (secondary N) is 2. The van der Waals surface area contributed by atoms with Gasteiger partial charge in [0, 0.05) is 44.1 Å². The third-order valence-electron chi connectivity index (χ3n) is 10.3. The zero-order chi connectivity index (χ0) is 27.0. The van der Waals surface area contributed by atoms with E-state index in [4.69, 9.17) is 11.6 Å². The van der Waals surface area contributed by atoms with Crippen molar-refractivity contribution in [1.29, 1.82) is 0 Å². The van der Waals surface area contributed by atoms with Crippen molar-refractivity contribution in [2.75, 3.05) is 31.6 Å². The number of halogens is 4. The summed E-state index contributed by atoms with van der Waals surface area (Å²) in [4.78, 5) is 16.5. The molecule has 6 fully saturated rings. The first-order chi connectivity index (χ1) is 17.9. The Morgan fingerprint density at radius 1 is 1.11 bits per heavy atom. The first kappa shape index (κ1) is 27.5. The third kappa shape index (κ3) is 4.89. The Morgan fingerprint density at radius 2 is 1.79 bits per heavy atom. The molecule has 6 aliphatic rings. The Morgan fingerprint density at radius 3 is 2.42 bits per heavy atom. The molecule has 8 nitrogen and oxygen atoms in total. The largest absolute Gasteiger partial charge is 0.409 e. The summed E-state index contributed by atoms with van der Waals surface area (Å²) in [5.41, 5.74) is 2.94. The smallest absolute Gasteiger partial charge is 0.333 e. The molecular weight excluding hydrogens is 543 g/mol. The maximum absolute atomic E-state index is 14.3. The number of hydrogen-bond donors (Lipinski definition) is 2. The summed E-state index contributed by atoms with van der Waals surface area (Å²) in [6.45, 7) is 1.82. The topological polar surface area (TPSA) is 85.0 Å². The van der Waals surface area contributed by atoms with Gasteiger partial charge >= 0.3 is 6.18 Å². The van der Waals surface area contributed by atoms with E-state index in [0.29, 0.717) is 50.6 Å². The predicted molar refractivity (Wildman–Crippen MR) is 137 cm³/mol. The second kappa shape index (κ2) is 9.72. The molecule has 4 aliphatic heterocycles. The Labute approximate surface area is 227 Å². The van der Waals surface area contributed by atoms with Crippen molar-refractivity contribution in [2.24, 2.45) is 17.3 Å². The lowest BCUT2D eigenvalue weighted by Crippen LogP contribution is -2.70. The minimum absolute atomic E-state index is 0.0645. The summed E-state index contributed by atoms with van der Waals surface area (Å²) in [5, 5.41) is 5.88. The Hall–Kier alpha value is -0.660. The minimum atomic E-state index is -4.50. The van der Waals surface area contributed by atoms with Crippen LogP contribution in [0.2, 0.25) is 0 Å². The van der Waals surface area contributed by atoms with E-state index in [1.165, 1.54) is 7.05 Å². The van der Waals surface area contributed by atoms with Crippen molar-refractivity contribution >= 4 is 27.3 Å². The van der Waals surface area contributed by atoms with E-state index in [2.05, 4.69) is 20.7 Å². The van der Waals surface area contributed by atoms with Gasteiger partial charge in [-0.3, -0.25) is 15.0 Å². The molecule has 2 aliphatic carbocycles. The summed E-state index contributed by atoms with van der Waals surface area (Å²) < 4.78 is 66.2. The number of nitrogens with zero attached hydrogens (tertiary/aromatic N) is 3. The van der Waals surface area contributed by atoms with Gasteiger partial charge in [-0.25, -0.2) is 18.9 Å². The lowest BCUT2D eigenvalue weighted by molar-refractivity contribution is -0.205. The maximum atomic E-state index is 14.3. The van der Waals surface area contributed by atoms with Gasteiger partial charge in [0.1, 0.15) is 6.04 Å². The number of likely N-dealkylation sites (tertiary alicyclic amines) is 1. The van der Waals surface area contributed by atoms with Crippen molar-refractivity contribution in [2.45, 2.75) is 99.8 Å². The third-order valence-corrected chi connectivity index (χ3v) is 12.7. The number of piperidine rings is 1. The Kier molecular flexibility index (Phi) is 7.03. The molecule has 5 atom stereocenters. The monoisotopic (exact) mass is 581 g/mol. The van der Waals surface area contributed by atoms with Crippen molar-refractivity contribution < 1.29 is 26.4 Å². The van der Waals surface area contributed by atoms with Crippen molar-refractivity contribution in [3.05, 3.63) is 0 Å². The number of fused-ring (bicyclic) bond motifs is 3. The van der Waals surface area contributed by atoms with Crippen molar-refractivity contribution in [3.63, 3.8) is 0 Å². The van der Waals surface area contributed by atoms with Gasteiger partial charge in [0.15, 0.2) is 9.84 Å². The van der Waals surface area contributed by atoms with Gasteiger partial charge in [-0.05, 0) is 69.2 Å². The van der Waals surface area contributed by atoms with Gasteiger partial charge in [-0.15, -0.1) is 11.6 Å². The van der Waals surface area contributed by atoms with Gasteiger partial charge < -0.3 is 4.90 Å². The fourth-order valence-corrected chi connectivity index (χ4v) is 11.3. The average Bonchev–Trinajstić information content (AvgIpc) is 3.20. The Bertz CT molecular complexity index is 1020. The molecule has 2 N–H and O–H groups in total. The molecule has 6 rings (SSSR count). The van der Waals surface area contributed by atoms with Crippen LogP contribution in [0.1, 0.15) is 57.8 Å². The number of hydrazine groups is 1. The van der Waals surface area contributed by atoms with E-state index < -0.39 is 39.8 Å². The minimum Gasteiger partial charge on any atom is -0.333 e. The molecule has 0 aromatic carbocycles. The highest BCUT2D eigenvalue weighted by molar-refractivity contribution is 7.92. The second-order valence-electron chi connectivity index (χ2n) is 12.8. The van der Waals surface area contributed by atoms with Gasteiger partial charge in [-0.1, -0.05) is 0 Å². The summed E-state index contributed by atoms with van der Waals surface area (Å²) >= 11 is 6.35. The van der Waals surface area contributed by atoms with E-state index >= 15 is 0 Å². The molecule has 38 heavy (non-hydrogen) atoms. The van der Waals surface area contributed by atoms with E-state index in [-0.39, 0.29) is 34.6 Å². The number of alkyl halides is 4. The zero-order valence-electron chi connectivity index (χ0n) is 21.8. The molecule has 1 amide bonds. The van der Waals surface area contributed by atoms with Crippen LogP contribution >= 0.6 is 11.6 Å². The summed E-state index contributed by atoms with van der Waals surface area (Å²) in [7, 11) is -1.74. The molecule has 2 saturated carbocycles. The number of carbonyl (C=O) groups is 1. The van der Waals surface area contributed by atoms with E-state index in [0.717, 1.165) is 37.3 Å². The SMILES string of the molecule is CN(C(=O)C1CC2(C1)CS(=O)(=O)C2)[C@@H](C1CCC(N2CCCC3C2CNC2CC(Cl)NN23)CC1)C(F)(F)F. The predicted octanol–water partition coefficient (Wildman–Crippen LogP) is 2.30. The van der Waals surface area contributed by atoms with Crippen LogP contribution in [-0.2, 0) is 14.6 Å². The molecule has 4 heterocycles. The zero-order valence-corrected chi connectivity index (χ0v) is 23.4. The number of rotatable bonds is 4. The van der Waals surface area contributed by atoms with Gasteiger partial charge in [0.25, 0.3) is 0 Å². The molecule has 0 aromatic rings. The van der Waals surface area contributed by atoms with Gasteiger partial charge in [-0.2, -0.15) is 13.2 Å². The molecule has 0 radical (unpaired) electrons. The molecule has 0 aromatic heterocycles. The summed E-state index contributed by atoms with van der Waals surface area (Å²) in [5.74, 6) is -1.48. The average molecular weight is 582 g/mol. The van der Waals surface area contributed by atoms with Crippen LogP contribution in [0.15, 0.2) is 0 Å². The fourth-order valence-electron chi connectivity index (χ4n) is 8.74. The molecule has 4 saturated heterocycles. The molecular formula is C25H39ClF3N5O3S. The van der Waals surface area contributed by atoms with Crippen LogP contribution in [0.3, 0.4) is 0 Å². The van der Waals surface area contributed by atoms with E-state index in [9.17, 15) is 26.4 Å². The van der Waals surface area contributed by atoms with Gasteiger partial charge in [0.2, 0.25) is 5.91 Å². The first-order valence-corrected chi connectivity index (χ1v) is 16.3. The molecule has 1 spiro atoms. The maximum Gasteiger partial charge on any atom is 0.409 e. The molecule has 4 unspecified atom stereocenters. The quantitative estimate of drug-likeness (QED) is 0.389. The molecule has 216 valence electrons. The summed E-state index contributed by atoms with van der Waals surface area (Å²) in [6.07, 6.45) is 1.77. The highest BCUT2D eigenvalue weighted by atomic mass is 35.5. The number of sulfone groups is 1. The fraction of sp³-hybridized carbons (Fsp3) is 0.960. The highest BCUT2D eigenvalue weighted by Gasteiger charge is 2.60. The second-order valence-corrected chi connectivity index (χ2v) is 15.4. The van der Waals surface area contributed by atoms with Crippen LogP contribution in [0.5, 0.6) is 0 Å². The number of carbonyl (C=O) groups excluding carboxylic acids is 1. The first-order valence-electron chi connectivity index (χ1n) is 14.1. The number of amides is 1. The van der Waals surface area contributed by atoms with Crippen LogP contribution in [0.25, 0.3) is 0 Å². The van der Waals surface area contributed by atoms with Gasteiger partial charge in [0.05, 0.1) is 23.2 Å². The van der Waals surface area contributed by atoms with E-state index in [1.54, 1.807) is 0 Å². The highest BCUT2D eigenvalue weighted by Crippen LogP contribution is 2.54. The number of hydrogen-bond acceptors (Lipinski definition) is 7. The van der Waals surface area contributed by atoms with Crippen LogP contribution < -0.4 is 10.7 Å². The molecule has 0 bridgehead atoms. The lowest BCUT2D eigenvalue weighted by atomic mass is 9.63. The van der Waals surface area contributed by atoms with Crippen molar-refractivity contribution in [1.82, 2.24) is 25.6 Å². The van der Waals surface area contributed by atoms with E-state index in [1.807, 2.05) is 0 Å². The standard InChI is InChI=1S/C25H39ClF3N5O3S/c1-32(23(35)16-10-24(11-16)13-38(36,37)14-24)22(25(27,28)29)15-4-6-17(7-5-15)33-8-2-3-18-19(33)12-30-21-9-20(26)31-34(18)21/h15-22,30-31H,2-14H2,1H3/t15?,17?,18?,19?,20?,21?,22-/m0/s1. The van der Waals surface area contributed by atoms with Crippen LogP contribution in [0, 0.1) is 17.3 Å². The molecule has 13 heteroatoms. The van der Waals surface area contributed by atoms with Crippen LogP contribution in [0.4, 0.5) is 13.2 Å².